The molecule has 0 radical (unpaired) electrons. The first-order chi connectivity index (χ1) is 12.2. The van der Waals surface area contributed by atoms with Crippen LogP contribution in [-0.2, 0) is 4.79 Å². The van der Waals surface area contributed by atoms with Crippen LogP contribution in [0.15, 0.2) is 27.9 Å². The Morgan fingerprint density at radius 3 is 3.00 bits per heavy atom. The molecule has 25 heavy (non-hydrogen) atoms. The molecule has 0 N–H and O–H groups in total. The summed E-state index contributed by atoms with van der Waals surface area (Å²) in [6.45, 7) is 3.96. The van der Waals surface area contributed by atoms with Gasteiger partial charge in [-0.15, -0.1) is 11.3 Å². The van der Waals surface area contributed by atoms with E-state index in [4.69, 9.17) is 9.47 Å². The van der Waals surface area contributed by atoms with E-state index < -0.39 is 0 Å². The SMILES string of the molecule is Cc1csc(SCC(=O)N2CCCC2c2ccc3c(c2)OCCO3)n1. The van der Waals surface area contributed by atoms with Gasteiger partial charge in [-0.05, 0) is 37.5 Å². The highest BCUT2D eigenvalue weighted by Crippen LogP contribution is 2.38. The first-order valence-corrected chi connectivity index (χ1v) is 10.3. The minimum Gasteiger partial charge on any atom is -0.486 e. The molecule has 0 aliphatic carbocycles. The van der Waals surface area contributed by atoms with Gasteiger partial charge in [-0.3, -0.25) is 4.79 Å². The Bertz CT molecular complexity index is 777. The van der Waals surface area contributed by atoms with Crippen LogP contribution in [0.3, 0.4) is 0 Å². The molecule has 1 atom stereocenters. The number of amides is 1. The van der Waals surface area contributed by atoms with Crippen LogP contribution in [0.1, 0.15) is 30.1 Å². The molecular formula is C18H20N2O3S2. The summed E-state index contributed by atoms with van der Waals surface area (Å²) in [6, 6.07) is 6.17. The van der Waals surface area contributed by atoms with Crippen molar-refractivity contribution in [2.75, 3.05) is 25.5 Å². The maximum Gasteiger partial charge on any atom is 0.233 e. The second-order valence-electron chi connectivity index (χ2n) is 6.19. The van der Waals surface area contributed by atoms with E-state index in [2.05, 4.69) is 11.1 Å². The van der Waals surface area contributed by atoms with Crippen LogP contribution in [0.5, 0.6) is 11.5 Å². The lowest BCUT2D eigenvalue weighted by Gasteiger charge is -2.26. The van der Waals surface area contributed by atoms with Crippen LogP contribution in [0.25, 0.3) is 0 Å². The summed E-state index contributed by atoms with van der Waals surface area (Å²) in [4.78, 5) is 19.1. The number of fused-ring (bicyclic) bond motifs is 1. The average Bonchev–Trinajstić information content (AvgIpc) is 3.28. The number of thioether (sulfide) groups is 1. The fourth-order valence-corrected chi connectivity index (χ4v) is 5.02. The molecule has 2 aliphatic rings. The molecule has 4 rings (SSSR count). The zero-order chi connectivity index (χ0) is 17.2. The van der Waals surface area contributed by atoms with Crippen molar-refractivity contribution < 1.29 is 14.3 Å². The summed E-state index contributed by atoms with van der Waals surface area (Å²) in [6.07, 6.45) is 2.03. The molecule has 1 saturated heterocycles. The van der Waals surface area contributed by atoms with Crippen LogP contribution in [0.4, 0.5) is 0 Å². The molecule has 2 aliphatic heterocycles. The van der Waals surface area contributed by atoms with E-state index in [1.54, 1.807) is 11.3 Å². The molecule has 2 aromatic rings. The van der Waals surface area contributed by atoms with Crippen LogP contribution in [-0.4, -0.2) is 41.3 Å². The van der Waals surface area contributed by atoms with Crippen molar-refractivity contribution >= 4 is 29.0 Å². The van der Waals surface area contributed by atoms with E-state index in [-0.39, 0.29) is 11.9 Å². The molecule has 1 amide bonds. The van der Waals surface area contributed by atoms with E-state index in [0.29, 0.717) is 19.0 Å². The van der Waals surface area contributed by atoms with Crippen molar-refractivity contribution in [1.29, 1.82) is 0 Å². The van der Waals surface area contributed by atoms with Gasteiger partial charge in [-0.1, -0.05) is 17.8 Å². The topological polar surface area (TPSA) is 51.7 Å². The standard InChI is InChI=1S/C18H20N2O3S2/c1-12-10-24-18(19-12)25-11-17(21)20-6-2-3-14(20)13-4-5-15-16(9-13)23-8-7-22-15/h4-5,9-10,14H,2-3,6-8,11H2,1H3. The third-order valence-electron chi connectivity index (χ3n) is 4.44. The quantitative estimate of drug-likeness (QED) is 0.762. The minimum absolute atomic E-state index is 0.127. The van der Waals surface area contributed by atoms with Gasteiger partial charge in [0.2, 0.25) is 5.91 Å². The number of aromatic nitrogens is 1. The van der Waals surface area contributed by atoms with Crippen molar-refractivity contribution in [3.63, 3.8) is 0 Å². The zero-order valence-corrected chi connectivity index (χ0v) is 15.7. The number of likely N-dealkylation sites (tertiary alicyclic amines) is 1. The van der Waals surface area contributed by atoms with Gasteiger partial charge in [0.05, 0.1) is 11.8 Å². The zero-order valence-electron chi connectivity index (χ0n) is 14.1. The van der Waals surface area contributed by atoms with Crippen molar-refractivity contribution in [2.45, 2.75) is 30.1 Å². The van der Waals surface area contributed by atoms with Crippen LogP contribution < -0.4 is 9.47 Å². The van der Waals surface area contributed by atoms with E-state index >= 15 is 0 Å². The number of aryl methyl sites for hydroxylation is 1. The van der Waals surface area contributed by atoms with Crippen LogP contribution in [0, 0.1) is 6.92 Å². The highest BCUT2D eigenvalue weighted by Gasteiger charge is 2.30. The second kappa shape index (κ2) is 7.25. The fraction of sp³-hybridized carbons (Fsp3) is 0.444. The Hall–Kier alpha value is -1.73. The highest BCUT2D eigenvalue weighted by molar-refractivity contribution is 8.01. The van der Waals surface area contributed by atoms with Gasteiger partial charge in [0, 0.05) is 17.6 Å². The summed E-state index contributed by atoms with van der Waals surface area (Å²) < 4.78 is 12.2. The normalized spacial score (nSPS) is 19.2. The fourth-order valence-electron chi connectivity index (χ4n) is 3.28. The van der Waals surface area contributed by atoms with Gasteiger partial charge in [-0.25, -0.2) is 4.98 Å². The van der Waals surface area contributed by atoms with Gasteiger partial charge in [-0.2, -0.15) is 0 Å². The summed E-state index contributed by atoms with van der Waals surface area (Å²) >= 11 is 3.13. The first kappa shape index (κ1) is 16.7. The molecule has 1 aromatic heterocycles. The third kappa shape index (κ3) is 3.62. The Morgan fingerprint density at radius 1 is 1.36 bits per heavy atom. The molecular weight excluding hydrogens is 356 g/mol. The van der Waals surface area contributed by atoms with E-state index in [0.717, 1.165) is 46.5 Å². The Morgan fingerprint density at radius 2 is 2.20 bits per heavy atom. The molecule has 0 spiro atoms. The maximum absolute atomic E-state index is 12.7. The number of benzene rings is 1. The lowest BCUT2D eigenvalue weighted by Crippen LogP contribution is -2.32. The van der Waals surface area contributed by atoms with Crippen molar-refractivity contribution in [3.8, 4) is 11.5 Å². The molecule has 3 heterocycles. The summed E-state index contributed by atoms with van der Waals surface area (Å²) in [5.74, 6) is 2.19. The summed E-state index contributed by atoms with van der Waals surface area (Å²) in [5, 5.41) is 2.01. The van der Waals surface area contributed by atoms with Gasteiger partial charge >= 0.3 is 0 Å². The number of hydrogen-bond acceptors (Lipinski definition) is 6. The predicted octanol–water partition coefficient (Wildman–Crippen LogP) is 3.68. The number of nitrogens with zero attached hydrogens (tertiary/aromatic N) is 2. The molecule has 0 bridgehead atoms. The van der Waals surface area contributed by atoms with Gasteiger partial charge in [0.1, 0.15) is 13.2 Å². The van der Waals surface area contributed by atoms with E-state index in [9.17, 15) is 4.79 Å². The van der Waals surface area contributed by atoms with Gasteiger partial charge < -0.3 is 14.4 Å². The number of rotatable bonds is 4. The highest BCUT2D eigenvalue weighted by atomic mass is 32.2. The second-order valence-corrected chi connectivity index (χ2v) is 8.27. The molecule has 132 valence electrons. The predicted molar refractivity (Wildman–Crippen MR) is 98.7 cm³/mol. The Kier molecular flexibility index (Phi) is 4.85. The van der Waals surface area contributed by atoms with Crippen molar-refractivity contribution in [3.05, 3.63) is 34.8 Å². The average molecular weight is 377 g/mol. The number of carbonyl (C=O) groups is 1. The Balaban J connectivity index is 1.45. The number of ether oxygens (including phenoxy) is 2. The molecule has 7 heteroatoms. The van der Waals surface area contributed by atoms with Crippen LogP contribution >= 0.6 is 23.1 Å². The smallest absolute Gasteiger partial charge is 0.233 e. The lowest BCUT2D eigenvalue weighted by atomic mass is 10.0. The third-order valence-corrected chi connectivity index (χ3v) is 6.56. The molecule has 1 unspecified atom stereocenters. The summed E-state index contributed by atoms with van der Waals surface area (Å²) in [7, 11) is 0. The number of thiazole rings is 1. The monoisotopic (exact) mass is 376 g/mol. The van der Waals surface area contributed by atoms with Crippen LogP contribution in [0.2, 0.25) is 0 Å². The van der Waals surface area contributed by atoms with Gasteiger partial charge in [0.15, 0.2) is 15.8 Å². The number of carbonyl (C=O) groups excluding carboxylic acids is 1. The van der Waals surface area contributed by atoms with Crippen molar-refractivity contribution in [1.82, 2.24) is 9.88 Å². The molecule has 5 nitrogen and oxygen atoms in total. The van der Waals surface area contributed by atoms with E-state index in [1.165, 1.54) is 11.8 Å². The van der Waals surface area contributed by atoms with E-state index in [1.807, 2.05) is 29.3 Å². The molecule has 1 aromatic carbocycles. The Labute approximate surface area is 155 Å². The number of hydrogen-bond donors (Lipinski definition) is 0. The minimum atomic E-state index is 0.127. The maximum atomic E-state index is 12.7. The van der Waals surface area contributed by atoms with Crippen molar-refractivity contribution in [2.24, 2.45) is 0 Å². The summed E-state index contributed by atoms with van der Waals surface area (Å²) in [5.41, 5.74) is 2.14. The molecule has 0 saturated carbocycles. The first-order valence-electron chi connectivity index (χ1n) is 8.44. The molecule has 1 fully saturated rings. The van der Waals surface area contributed by atoms with Gasteiger partial charge in [0.25, 0.3) is 0 Å². The largest absolute Gasteiger partial charge is 0.486 e. The lowest BCUT2D eigenvalue weighted by molar-refractivity contribution is -0.129.